The molecule has 0 unspecified atom stereocenters. The summed E-state index contributed by atoms with van der Waals surface area (Å²) in [6.07, 6.45) is 5.52. The highest BCUT2D eigenvalue weighted by Gasteiger charge is 2.24. The van der Waals surface area contributed by atoms with Gasteiger partial charge in [0.1, 0.15) is 0 Å². The minimum Gasteiger partial charge on any atom is -0.351 e. The minimum atomic E-state index is -0.324. The van der Waals surface area contributed by atoms with Gasteiger partial charge in [0, 0.05) is 29.9 Å². The van der Waals surface area contributed by atoms with Crippen molar-refractivity contribution in [1.82, 2.24) is 4.90 Å². The Morgan fingerprint density at radius 2 is 1.93 bits per heavy atom. The first-order chi connectivity index (χ1) is 6.32. The predicted molar refractivity (Wildman–Crippen MR) is 58.6 cm³/mol. The molecule has 0 aromatic rings. The average Bonchev–Trinajstić information content (AvgIpc) is 2.07. The lowest BCUT2D eigenvalue weighted by Crippen LogP contribution is -2.24. The standard InChI is InChI=1S/C12H17NO/c1-9-6-7-10(8-13(9)5)11(14)12(2,3)4/h6-8H,1H2,2-5H3. The number of hydrogen-bond acceptors (Lipinski definition) is 2. The normalized spacial score (nSPS) is 17.0. The summed E-state index contributed by atoms with van der Waals surface area (Å²) in [5, 5.41) is 0. The van der Waals surface area contributed by atoms with E-state index in [0.717, 1.165) is 11.3 Å². The molecule has 0 N–H and O–H groups in total. The highest BCUT2D eigenvalue weighted by Crippen LogP contribution is 2.23. The zero-order valence-corrected chi connectivity index (χ0v) is 9.29. The van der Waals surface area contributed by atoms with Crippen LogP contribution in [0.3, 0.4) is 0 Å². The van der Waals surface area contributed by atoms with E-state index < -0.39 is 0 Å². The summed E-state index contributed by atoms with van der Waals surface area (Å²) in [6.45, 7) is 9.61. The number of carbonyl (C=O) groups is 1. The lowest BCUT2D eigenvalue weighted by atomic mass is 9.86. The Morgan fingerprint density at radius 1 is 1.36 bits per heavy atom. The maximum Gasteiger partial charge on any atom is 0.169 e. The first-order valence-electron chi connectivity index (χ1n) is 4.69. The van der Waals surface area contributed by atoms with Crippen LogP contribution in [-0.4, -0.2) is 17.7 Å². The number of hydrogen-bond donors (Lipinski definition) is 0. The molecule has 0 radical (unpaired) electrons. The molecule has 0 saturated heterocycles. The van der Waals surface area contributed by atoms with E-state index >= 15 is 0 Å². The average molecular weight is 191 g/mol. The van der Waals surface area contributed by atoms with Crippen molar-refractivity contribution in [2.24, 2.45) is 5.41 Å². The van der Waals surface area contributed by atoms with Gasteiger partial charge in [0.15, 0.2) is 5.78 Å². The summed E-state index contributed by atoms with van der Waals surface area (Å²) in [5.74, 6) is 0.160. The molecule has 0 spiro atoms. The third kappa shape index (κ3) is 2.13. The van der Waals surface area contributed by atoms with Crippen molar-refractivity contribution in [2.45, 2.75) is 20.8 Å². The Hall–Kier alpha value is -1.31. The Labute approximate surface area is 85.6 Å². The van der Waals surface area contributed by atoms with Crippen molar-refractivity contribution < 1.29 is 4.79 Å². The van der Waals surface area contributed by atoms with Crippen LogP contribution in [0.2, 0.25) is 0 Å². The van der Waals surface area contributed by atoms with E-state index in [0.29, 0.717) is 0 Å². The second-order valence-electron chi connectivity index (χ2n) is 4.60. The van der Waals surface area contributed by atoms with Crippen LogP contribution in [0.25, 0.3) is 0 Å². The summed E-state index contributed by atoms with van der Waals surface area (Å²) in [4.78, 5) is 13.8. The monoisotopic (exact) mass is 191 g/mol. The van der Waals surface area contributed by atoms with Gasteiger partial charge in [-0.1, -0.05) is 27.4 Å². The molecule has 14 heavy (non-hydrogen) atoms. The molecule has 0 amide bonds. The van der Waals surface area contributed by atoms with Crippen molar-refractivity contribution in [1.29, 1.82) is 0 Å². The molecule has 0 atom stereocenters. The summed E-state index contributed by atoms with van der Waals surface area (Å²) in [6, 6.07) is 0. The van der Waals surface area contributed by atoms with Crippen LogP contribution in [-0.2, 0) is 4.79 Å². The highest BCUT2D eigenvalue weighted by molar-refractivity contribution is 6.01. The minimum absolute atomic E-state index is 0.160. The van der Waals surface area contributed by atoms with Crippen molar-refractivity contribution in [3.8, 4) is 0 Å². The SMILES string of the molecule is C=C1C=CC(C(=O)C(C)(C)C)=CN1C. The van der Waals surface area contributed by atoms with E-state index in [2.05, 4.69) is 6.58 Å². The van der Waals surface area contributed by atoms with Crippen molar-refractivity contribution in [3.05, 3.63) is 36.2 Å². The van der Waals surface area contributed by atoms with Gasteiger partial charge < -0.3 is 4.90 Å². The van der Waals surface area contributed by atoms with Crippen molar-refractivity contribution >= 4 is 5.78 Å². The van der Waals surface area contributed by atoms with Gasteiger partial charge in [-0.3, -0.25) is 4.79 Å². The lowest BCUT2D eigenvalue weighted by molar-refractivity contribution is -0.122. The summed E-state index contributed by atoms with van der Waals surface area (Å²) >= 11 is 0. The van der Waals surface area contributed by atoms with Crippen molar-refractivity contribution in [2.75, 3.05) is 7.05 Å². The van der Waals surface area contributed by atoms with Crippen LogP contribution in [0.5, 0.6) is 0 Å². The number of ketones is 1. The Kier molecular flexibility index (Phi) is 2.65. The van der Waals surface area contributed by atoms with E-state index in [4.69, 9.17) is 0 Å². The molecule has 0 bridgehead atoms. The summed E-state index contributed by atoms with van der Waals surface area (Å²) in [5.41, 5.74) is 1.32. The highest BCUT2D eigenvalue weighted by atomic mass is 16.1. The number of likely N-dealkylation sites (N-methyl/N-ethyl adjacent to an activating group) is 1. The van der Waals surface area contributed by atoms with Gasteiger partial charge in [-0.15, -0.1) is 0 Å². The quantitative estimate of drug-likeness (QED) is 0.634. The van der Waals surface area contributed by atoms with Gasteiger partial charge in [-0.05, 0) is 12.2 Å². The van der Waals surface area contributed by atoms with E-state index in [9.17, 15) is 4.79 Å². The zero-order valence-electron chi connectivity index (χ0n) is 9.29. The van der Waals surface area contributed by atoms with Crippen LogP contribution in [0.4, 0.5) is 0 Å². The second kappa shape index (κ2) is 3.45. The predicted octanol–water partition coefficient (Wildman–Crippen LogP) is 2.50. The molecule has 0 fully saturated rings. The van der Waals surface area contributed by atoms with Gasteiger partial charge in [-0.25, -0.2) is 0 Å². The van der Waals surface area contributed by atoms with E-state index in [1.54, 1.807) is 0 Å². The Bertz CT molecular complexity index is 329. The molecule has 2 nitrogen and oxygen atoms in total. The second-order valence-corrected chi connectivity index (χ2v) is 4.60. The van der Waals surface area contributed by atoms with Crippen LogP contribution in [0, 0.1) is 5.41 Å². The zero-order chi connectivity index (χ0) is 10.9. The molecule has 76 valence electrons. The summed E-state index contributed by atoms with van der Waals surface area (Å²) < 4.78 is 0. The molecular formula is C12H17NO. The van der Waals surface area contributed by atoms with Crippen molar-refractivity contribution in [3.63, 3.8) is 0 Å². The van der Waals surface area contributed by atoms with Gasteiger partial charge in [0.05, 0.1) is 0 Å². The first-order valence-corrected chi connectivity index (χ1v) is 4.69. The van der Waals surface area contributed by atoms with Crippen LogP contribution in [0.1, 0.15) is 20.8 Å². The van der Waals surface area contributed by atoms with Gasteiger partial charge in [-0.2, -0.15) is 0 Å². The molecule has 1 rings (SSSR count). The fourth-order valence-electron chi connectivity index (χ4n) is 1.21. The van der Waals surface area contributed by atoms with E-state index in [1.807, 2.05) is 51.1 Å². The van der Waals surface area contributed by atoms with Gasteiger partial charge in [0.2, 0.25) is 0 Å². The molecular weight excluding hydrogens is 174 g/mol. The lowest BCUT2D eigenvalue weighted by Gasteiger charge is -2.23. The largest absolute Gasteiger partial charge is 0.351 e. The molecule has 1 aliphatic heterocycles. The summed E-state index contributed by atoms with van der Waals surface area (Å²) in [7, 11) is 1.89. The number of nitrogens with zero attached hydrogens (tertiary/aromatic N) is 1. The Morgan fingerprint density at radius 3 is 2.36 bits per heavy atom. The molecule has 0 aliphatic carbocycles. The van der Waals surface area contributed by atoms with E-state index in [1.165, 1.54) is 0 Å². The fourth-order valence-corrected chi connectivity index (χ4v) is 1.21. The molecule has 2 heteroatoms. The number of Topliss-reactive ketones (excluding diaryl/α,β-unsaturated/α-hetero) is 1. The number of rotatable bonds is 1. The smallest absolute Gasteiger partial charge is 0.169 e. The van der Waals surface area contributed by atoms with Crippen LogP contribution < -0.4 is 0 Å². The molecule has 0 saturated carbocycles. The first kappa shape index (κ1) is 10.8. The Balaban J connectivity index is 2.92. The third-order valence-corrected chi connectivity index (χ3v) is 2.18. The maximum absolute atomic E-state index is 11.9. The maximum atomic E-state index is 11.9. The number of allylic oxidation sites excluding steroid dienone is 3. The molecule has 0 aromatic heterocycles. The van der Waals surface area contributed by atoms with Gasteiger partial charge >= 0.3 is 0 Å². The third-order valence-electron chi connectivity index (χ3n) is 2.18. The van der Waals surface area contributed by atoms with E-state index in [-0.39, 0.29) is 11.2 Å². The number of carbonyl (C=O) groups excluding carboxylic acids is 1. The van der Waals surface area contributed by atoms with Crippen LogP contribution >= 0.6 is 0 Å². The molecule has 0 aromatic carbocycles. The topological polar surface area (TPSA) is 20.3 Å². The van der Waals surface area contributed by atoms with Crippen LogP contribution in [0.15, 0.2) is 36.2 Å². The molecule has 1 heterocycles. The fraction of sp³-hybridized carbons (Fsp3) is 0.417. The molecule has 1 aliphatic rings. The van der Waals surface area contributed by atoms with Gasteiger partial charge in [0.25, 0.3) is 0 Å².